The molecule has 0 aliphatic carbocycles. The van der Waals surface area contributed by atoms with Crippen molar-refractivity contribution >= 4 is 58.3 Å². The first-order valence-electron chi connectivity index (χ1n) is 7.23. The molecule has 6 nitrogen and oxygen atoms in total. The van der Waals surface area contributed by atoms with Crippen molar-refractivity contribution < 1.29 is 0 Å². The predicted octanol–water partition coefficient (Wildman–Crippen LogP) is 3.62. The lowest BCUT2D eigenvalue weighted by Crippen LogP contribution is -2.18. The highest BCUT2D eigenvalue weighted by molar-refractivity contribution is 8.13. The van der Waals surface area contributed by atoms with Crippen molar-refractivity contribution in [2.75, 3.05) is 11.6 Å². The number of hydrogen-bond acceptors (Lipinski definition) is 5. The van der Waals surface area contributed by atoms with Crippen molar-refractivity contribution in [1.29, 1.82) is 15.9 Å². The van der Waals surface area contributed by atoms with Crippen LogP contribution in [-0.4, -0.2) is 21.9 Å². The number of nitrogens with zero attached hydrogens (tertiary/aromatic N) is 2. The van der Waals surface area contributed by atoms with Gasteiger partial charge in [-0.05, 0) is 37.9 Å². The van der Waals surface area contributed by atoms with Crippen molar-refractivity contribution in [3.63, 3.8) is 0 Å². The minimum atomic E-state index is 0. The summed E-state index contributed by atoms with van der Waals surface area (Å²) in [5.41, 5.74) is 14.4. The first kappa shape index (κ1) is 30.9. The summed E-state index contributed by atoms with van der Waals surface area (Å²) in [6.07, 6.45) is 7.54. The summed E-state index contributed by atoms with van der Waals surface area (Å²) >= 11 is 10.9. The SMILES string of the molecule is Cl.N#CCCCCCCl.N#CCCCCCSC(=N)N.NC(N)=S. The highest BCUT2D eigenvalue weighted by Crippen LogP contribution is 2.06. The Morgan fingerprint density at radius 1 is 0.958 bits per heavy atom. The molecule has 0 aliphatic rings. The van der Waals surface area contributed by atoms with E-state index in [0.717, 1.165) is 50.2 Å². The van der Waals surface area contributed by atoms with Crippen molar-refractivity contribution in [1.82, 2.24) is 0 Å². The maximum absolute atomic E-state index is 8.20. The van der Waals surface area contributed by atoms with Gasteiger partial charge in [-0.25, -0.2) is 0 Å². The number of amidine groups is 1. The van der Waals surface area contributed by atoms with Gasteiger partial charge in [0.1, 0.15) is 0 Å². The Bertz CT molecular complexity index is 365. The van der Waals surface area contributed by atoms with Crippen LogP contribution in [0.1, 0.15) is 51.4 Å². The summed E-state index contributed by atoms with van der Waals surface area (Å²) in [5, 5.41) is 23.4. The van der Waals surface area contributed by atoms with Gasteiger partial charge >= 0.3 is 0 Å². The predicted molar refractivity (Wildman–Crippen MR) is 111 cm³/mol. The lowest BCUT2D eigenvalue weighted by atomic mass is 10.2. The van der Waals surface area contributed by atoms with Crippen LogP contribution in [0.25, 0.3) is 0 Å². The molecule has 0 atom stereocenters. The van der Waals surface area contributed by atoms with E-state index in [1.54, 1.807) is 0 Å². The molecule has 0 unspecified atom stereocenters. The molecule has 0 bridgehead atoms. The Balaban J connectivity index is -0.000000136. The molecule has 0 aromatic rings. The van der Waals surface area contributed by atoms with Crippen LogP contribution in [0.15, 0.2) is 0 Å². The summed E-state index contributed by atoms with van der Waals surface area (Å²) in [6, 6.07) is 4.18. The lowest BCUT2D eigenvalue weighted by molar-refractivity contribution is 0.737. The zero-order valence-corrected chi connectivity index (χ0v) is 17.0. The number of nitriles is 2. The molecule has 0 spiro atoms. The molecule has 0 aromatic heterocycles. The third-order valence-electron chi connectivity index (χ3n) is 2.11. The van der Waals surface area contributed by atoms with E-state index in [4.69, 9.17) is 33.3 Å². The van der Waals surface area contributed by atoms with E-state index in [1.165, 1.54) is 11.8 Å². The summed E-state index contributed by atoms with van der Waals surface area (Å²) in [5.74, 6) is 1.63. The van der Waals surface area contributed by atoms with Gasteiger partial charge in [-0.3, -0.25) is 5.41 Å². The average molecular weight is 415 g/mol. The van der Waals surface area contributed by atoms with Crippen LogP contribution >= 0.6 is 48.0 Å². The van der Waals surface area contributed by atoms with Gasteiger partial charge in [0.05, 0.1) is 12.1 Å². The van der Waals surface area contributed by atoms with Crippen molar-refractivity contribution in [3.8, 4) is 12.1 Å². The summed E-state index contributed by atoms with van der Waals surface area (Å²) in [4.78, 5) is 0. The van der Waals surface area contributed by atoms with E-state index in [0.29, 0.717) is 12.8 Å². The fraction of sp³-hybridized carbons (Fsp3) is 0.714. The molecule has 0 aromatic carbocycles. The van der Waals surface area contributed by atoms with Gasteiger partial charge in [-0.15, -0.1) is 24.0 Å². The molecule has 0 saturated carbocycles. The van der Waals surface area contributed by atoms with E-state index in [9.17, 15) is 0 Å². The van der Waals surface area contributed by atoms with Crippen molar-refractivity contribution in [3.05, 3.63) is 0 Å². The van der Waals surface area contributed by atoms with Crippen LogP contribution in [0.5, 0.6) is 0 Å². The number of halogens is 2. The first-order valence-corrected chi connectivity index (χ1v) is 9.16. The maximum Gasteiger partial charge on any atom is 0.160 e. The fourth-order valence-electron chi connectivity index (χ4n) is 1.14. The number of rotatable bonds is 9. The second-order valence-corrected chi connectivity index (χ2v) is 6.23. The summed E-state index contributed by atoms with van der Waals surface area (Å²) in [6.45, 7) is 0. The Labute approximate surface area is 166 Å². The van der Waals surface area contributed by atoms with Gasteiger partial charge in [-0.2, -0.15) is 10.5 Å². The highest BCUT2D eigenvalue weighted by atomic mass is 35.5. The molecule has 10 heteroatoms. The van der Waals surface area contributed by atoms with Gasteiger partial charge in [0.15, 0.2) is 10.3 Å². The van der Waals surface area contributed by atoms with Crippen LogP contribution in [0.3, 0.4) is 0 Å². The van der Waals surface area contributed by atoms with Crippen LogP contribution in [0.2, 0.25) is 0 Å². The largest absolute Gasteiger partial charge is 0.379 e. The Morgan fingerprint density at radius 2 is 1.38 bits per heavy atom. The second kappa shape index (κ2) is 30.0. The Hall–Kier alpha value is -0.930. The van der Waals surface area contributed by atoms with E-state index in [2.05, 4.69) is 35.8 Å². The third kappa shape index (κ3) is 58.3. The van der Waals surface area contributed by atoms with E-state index in [-0.39, 0.29) is 22.7 Å². The quantitative estimate of drug-likeness (QED) is 0.148. The van der Waals surface area contributed by atoms with Gasteiger partial charge in [0.2, 0.25) is 0 Å². The second-order valence-electron chi connectivity index (χ2n) is 4.24. The number of unbranched alkanes of at least 4 members (excludes halogenated alkanes) is 6. The number of thiocarbonyl (C=S) groups is 1. The van der Waals surface area contributed by atoms with Crippen molar-refractivity contribution in [2.24, 2.45) is 17.2 Å². The normalized spacial score (nSPS) is 7.96. The van der Waals surface area contributed by atoms with Gasteiger partial charge < -0.3 is 17.2 Å². The number of thioether (sulfide) groups is 1. The summed E-state index contributed by atoms with van der Waals surface area (Å²) in [7, 11) is 0. The number of nitrogens with two attached hydrogens (primary N) is 3. The standard InChI is InChI=1S/C7H13N3S.C6H10ClN.CH4N2S.ClH/c8-5-3-1-2-4-6-11-7(9)10;7-5-3-1-2-4-6-8;2-1(3)4;/h1-4,6H2,(H3,9,10);1-5H2;(H4,2,3,4);1H. The molecular weight excluding hydrogens is 387 g/mol. The third-order valence-corrected chi connectivity index (χ3v) is 3.18. The topological polar surface area (TPSA) is 149 Å². The van der Waals surface area contributed by atoms with E-state index < -0.39 is 0 Å². The zero-order chi connectivity index (χ0) is 18.3. The van der Waals surface area contributed by atoms with Crippen molar-refractivity contribution in [2.45, 2.75) is 51.4 Å². The van der Waals surface area contributed by atoms with Crippen LogP contribution < -0.4 is 17.2 Å². The minimum absolute atomic E-state index is 0. The van der Waals surface area contributed by atoms with Gasteiger partial charge in [-0.1, -0.05) is 24.6 Å². The lowest BCUT2D eigenvalue weighted by Gasteiger charge is -1.96. The number of nitrogens with one attached hydrogen (secondary N) is 1. The molecule has 0 fully saturated rings. The Kier molecular flexibility index (Phi) is 38.6. The van der Waals surface area contributed by atoms with Gasteiger partial charge in [0.25, 0.3) is 0 Å². The maximum atomic E-state index is 8.20. The fourth-order valence-corrected chi connectivity index (χ4v) is 1.90. The monoisotopic (exact) mass is 414 g/mol. The number of alkyl halides is 1. The average Bonchev–Trinajstić information content (AvgIpc) is 2.47. The first-order chi connectivity index (χ1) is 10.9. The van der Waals surface area contributed by atoms with Crippen LogP contribution in [0, 0.1) is 28.1 Å². The Morgan fingerprint density at radius 3 is 1.71 bits per heavy atom. The van der Waals surface area contributed by atoms with E-state index in [1.807, 2.05) is 0 Å². The summed E-state index contributed by atoms with van der Waals surface area (Å²) < 4.78 is 0. The molecular formula is C14H28Cl2N6S2. The zero-order valence-electron chi connectivity index (χ0n) is 13.8. The van der Waals surface area contributed by atoms with Crippen LogP contribution in [-0.2, 0) is 0 Å². The molecule has 24 heavy (non-hydrogen) atoms. The highest BCUT2D eigenvalue weighted by Gasteiger charge is 1.91. The molecule has 7 N–H and O–H groups in total. The van der Waals surface area contributed by atoms with E-state index >= 15 is 0 Å². The molecule has 0 radical (unpaired) electrons. The molecule has 0 saturated heterocycles. The van der Waals surface area contributed by atoms with Gasteiger partial charge in [0, 0.05) is 24.5 Å². The number of hydrogen-bond donors (Lipinski definition) is 4. The molecule has 140 valence electrons. The molecule has 0 aliphatic heterocycles. The molecule has 0 heterocycles. The molecule has 0 amide bonds. The minimum Gasteiger partial charge on any atom is -0.379 e. The smallest absolute Gasteiger partial charge is 0.160 e. The molecule has 0 rings (SSSR count). The van der Waals surface area contributed by atoms with Crippen LogP contribution in [0.4, 0.5) is 0 Å².